The van der Waals surface area contributed by atoms with Crippen molar-refractivity contribution in [1.29, 1.82) is 0 Å². The van der Waals surface area contributed by atoms with E-state index in [0.717, 1.165) is 32.2 Å². The normalized spacial score (nSPS) is 12.3. The van der Waals surface area contributed by atoms with Crippen LogP contribution in [-0.4, -0.2) is 18.2 Å². The molecule has 1 atom stereocenters. The summed E-state index contributed by atoms with van der Waals surface area (Å²) in [7, 11) is 1.98. The first-order valence-corrected chi connectivity index (χ1v) is 11.1. The summed E-state index contributed by atoms with van der Waals surface area (Å²) in [5.74, 6) is 1.91. The largest absolute Gasteiger partial charge is 0.506 e. The fraction of sp³-hybridized carbons (Fsp3) is 0.250. The van der Waals surface area contributed by atoms with Crippen LogP contribution in [0.4, 0.5) is 0 Å². The lowest BCUT2D eigenvalue weighted by molar-refractivity contribution is 0.454. The van der Waals surface area contributed by atoms with Gasteiger partial charge in [0.25, 0.3) is 0 Å². The highest BCUT2D eigenvalue weighted by Crippen LogP contribution is 2.36. The van der Waals surface area contributed by atoms with Crippen molar-refractivity contribution in [3.63, 3.8) is 0 Å². The number of aromatic hydroxyl groups is 1. The molecule has 0 aliphatic heterocycles. The van der Waals surface area contributed by atoms with Gasteiger partial charge in [-0.2, -0.15) is 0 Å². The average molecular weight is 761 g/mol. The van der Waals surface area contributed by atoms with Crippen LogP contribution in [0.3, 0.4) is 0 Å². The second kappa shape index (κ2) is 9.03. The molecule has 2 N–H and O–H groups in total. The van der Waals surface area contributed by atoms with Gasteiger partial charge in [-0.15, -0.1) is 0 Å². The van der Waals surface area contributed by atoms with E-state index in [1.54, 1.807) is 0 Å². The number of phenols is 1. The molecule has 2 aromatic carbocycles. The maximum Gasteiger partial charge on any atom is 0.154 e. The lowest BCUT2D eigenvalue weighted by Crippen LogP contribution is -2.23. The summed E-state index contributed by atoms with van der Waals surface area (Å²) in [5, 5.41) is 13.1. The van der Waals surface area contributed by atoms with Gasteiger partial charge in [-0.05, 0) is 141 Å². The number of ether oxygens (including phenoxy) is 1. The van der Waals surface area contributed by atoms with E-state index < -0.39 is 0 Å². The molecule has 23 heavy (non-hydrogen) atoms. The van der Waals surface area contributed by atoms with Crippen molar-refractivity contribution in [2.75, 3.05) is 7.05 Å². The van der Waals surface area contributed by atoms with E-state index >= 15 is 0 Å². The van der Waals surface area contributed by atoms with Crippen molar-refractivity contribution >= 4 is 90.4 Å². The third-order valence-electron chi connectivity index (χ3n) is 3.30. The summed E-state index contributed by atoms with van der Waals surface area (Å²) in [6.07, 6.45) is 0.984. The summed E-state index contributed by atoms with van der Waals surface area (Å²) < 4.78 is 9.84. The first-order valence-electron chi connectivity index (χ1n) is 6.83. The number of hydrogen-bond donors (Lipinski definition) is 2. The Kier molecular flexibility index (Phi) is 7.95. The molecule has 0 saturated heterocycles. The highest BCUT2D eigenvalue weighted by molar-refractivity contribution is 14.1. The number of halogens is 4. The van der Waals surface area contributed by atoms with Gasteiger partial charge in [-0.1, -0.05) is 0 Å². The maximum atomic E-state index is 9.87. The quantitative estimate of drug-likeness (QED) is 0.382. The molecule has 0 spiro atoms. The Labute approximate surface area is 190 Å². The molecule has 0 aromatic heterocycles. The second-order valence-electron chi connectivity index (χ2n) is 5.12. The minimum Gasteiger partial charge on any atom is -0.506 e. The third-order valence-corrected chi connectivity index (χ3v) is 6.55. The van der Waals surface area contributed by atoms with Crippen LogP contribution >= 0.6 is 90.4 Å². The topological polar surface area (TPSA) is 41.5 Å². The van der Waals surface area contributed by atoms with E-state index in [4.69, 9.17) is 4.74 Å². The van der Waals surface area contributed by atoms with Gasteiger partial charge in [0.2, 0.25) is 0 Å². The summed E-state index contributed by atoms with van der Waals surface area (Å²) in [4.78, 5) is 0. The van der Waals surface area contributed by atoms with E-state index in [1.807, 2.05) is 19.2 Å². The summed E-state index contributed by atoms with van der Waals surface area (Å²) in [6, 6.07) is 8.47. The Hall–Kier alpha value is 0.920. The van der Waals surface area contributed by atoms with E-state index in [9.17, 15) is 5.11 Å². The molecule has 0 saturated carbocycles. The zero-order valence-electron chi connectivity index (χ0n) is 12.5. The van der Waals surface area contributed by atoms with Crippen LogP contribution in [0.2, 0.25) is 0 Å². The van der Waals surface area contributed by atoms with Crippen LogP contribution in [0.25, 0.3) is 0 Å². The van der Waals surface area contributed by atoms with Gasteiger partial charge in [0, 0.05) is 6.04 Å². The van der Waals surface area contributed by atoms with Crippen molar-refractivity contribution in [1.82, 2.24) is 5.32 Å². The molecule has 7 heteroatoms. The summed E-state index contributed by atoms with van der Waals surface area (Å²) >= 11 is 8.86. The van der Waals surface area contributed by atoms with E-state index in [-0.39, 0.29) is 0 Å². The molecule has 2 aromatic rings. The molecule has 0 fully saturated rings. The Morgan fingerprint density at radius 3 is 2.00 bits per heavy atom. The first-order chi connectivity index (χ1) is 10.8. The Morgan fingerprint density at radius 2 is 1.52 bits per heavy atom. The fourth-order valence-corrected chi connectivity index (χ4v) is 5.83. The molecular weight excluding hydrogens is 746 g/mol. The van der Waals surface area contributed by atoms with Gasteiger partial charge in [0.05, 0.1) is 14.3 Å². The number of rotatable bonds is 5. The van der Waals surface area contributed by atoms with Crippen LogP contribution in [0, 0.1) is 14.3 Å². The van der Waals surface area contributed by atoms with Crippen molar-refractivity contribution in [2.45, 2.75) is 19.4 Å². The molecule has 2 rings (SSSR count). The van der Waals surface area contributed by atoms with Crippen LogP contribution < -0.4 is 10.1 Å². The average Bonchev–Trinajstić information content (AvgIpc) is 2.48. The molecule has 0 radical (unpaired) electrons. The Bertz CT molecular complexity index is 675. The first kappa shape index (κ1) is 20.2. The standard InChI is InChI=1S/C16H15I4NO2/c1-8(21-2)3-9-4-13(19)16(14(20)5-9)23-10-6-11(17)15(22)12(18)7-10/h4-8,21-22H,3H2,1-2H3. The molecule has 0 aliphatic rings. The van der Waals surface area contributed by atoms with Crippen LogP contribution in [0.5, 0.6) is 17.2 Å². The SMILES string of the molecule is CNC(C)Cc1cc(I)c(Oc2cc(I)c(O)c(I)c2)c(I)c1. The molecule has 3 nitrogen and oxygen atoms in total. The predicted octanol–water partition coefficient (Wildman–Crippen LogP) is 5.75. The lowest BCUT2D eigenvalue weighted by atomic mass is 10.1. The monoisotopic (exact) mass is 761 g/mol. The highest BCUT2D eigenvalue weighted by atomic mass is 127. The van der Waals surface area contributed by atoms with Gasteiger partial charge >= 0.3 is 0 Å². The van der Waals surface area contributed by atoms with Gasteiger partial charge < -0.3 is 15.2 Å². The molecule has 0 heterocycles. The minimum atomic E-state index is 0.305. The van der Waals surface area contributed by atoms with Gasteiger partial charge in [-0.3, -0.25) is 0 Å². The minimum absolute atomic E-state index is 0.305. The molecule has 0 aliphatic carbocycles. The summed E-state index contributed by atoms with van der Waals surface area (Å²) in [5.41, 5.74) is 1.29. The van der Waals surface area contributed by atoms with Crippen molar-refractivity contribution in [3.8, 4) is 17.2 Å². The van der Waals surface area contributed by atoms with Crippen molar-refractivity contribution in [2.24, 2.45) is 0 Å². The molecule has 1 unspecified atom stereocenters. The molecule has 0 bridgehead atoms. The number of benzene rings is 2. The maximum absolute atomic E-state index is 9.87. The number of nitrogens with one attached hydrogen (secondary N) is 1. The number of hydrogen-bond acceptors (Lipinski definition) is 3. The van der Waals surface area contributed by atoms with Crippen LogP contribution in [0.1, 0.15) is 12.5 Å². The third kappa shape index (κ3) is 5.45. The van der Waals surface area contributed by atoms with E-state index in [1.165, 1.54) is 5.56 Å². The zero-order chi connectivity index (χ0) is 17.1. The second-order valence-corrected chi connectivity index (χ2v) is 9.77. The highest BCUT2D eigenvalue weighted by Gasteiger charge is 2.13. The van der Waals surface area contributed by atoms with E-state index in [2.05, 4.69) is 115 Å². The Morgan fingerprint density at radius 1 is 1.00 bits per heavy atom. The van der Waals surface area contributed by atoms with Gasteiger partial charge in [-0.25, -0.2) is 0 Å². The number of phenolic OH excluding ortho intramolecular Hbond substituents is 1. The molecule has 124 valence electrons. The van der Waals surface area contributed by atoms with Gasteiger partial charge in [0.1, 0.15) is 11.5 Å². The van der Waals surface area contributed by atoms with Crippen LogP contribution in [-0.2, 0) is 6.42 Å². The van der Waals surface area contributed by atoms with Crippen molar-refractivity contribution in [3.05, 3.63) is 44.1 Å². The lowest BCUT2D eigenvalue weighted by Gasteiger charge is -2.15. The van der Waals surface area contributed by atoms with Crippen LogP contribution in [0.15, 0.2) is 24.3 Å². The molecule has 0 amide bonds. The van der Waals surface area contributed by atoms with Crippen molar-refractivity contribution < 1.29 is 9.84 Å². The molecular formula is C16H15I4NO2. The Balaban J connectivity index is 2.30. The predicted molar refractivity (Wildman–Crippen MR) is 128 cm³/mol. The number of likely N-dealkylation sites (N-methyl/N-ethyl adjacent to an activating group) is 1. The summed E-state index contributed by atoms with van der Waals surface area (Å²) in [6.45, 7) is 2.17. The smallest absolute Gasteiger partial charge is 0.154 e. The fourth-order valence-electron chi connectivity index (χ4n) is 2.00. The zero-order valence-corrected chi connectivity index (χ0v) is 21.1. The van der Waals surface area contributed by atoms with E-state index in [0.29, 0.717) is 11.8 Å². The van der Waals surface area contributed by atoms with Gasteiger partial charge in [0.15, 0.2) is 5.75 Å².